The molecule has 4 heteroatoms. The topological polar surface area (TPSA) is 34.4 Å². The normalized spacial score (nSPS) is 19.1. The third-order valence-electron chi connectivity index (χ3n) is 4.18. The summed E-state index contributed by atoms with van der Waals surface area (Å²) in [7, 11) is 1.49. The lowest BCUT2D eigenvalue weighted by Gasteiger charge is -2.27. The minimum Gasteiger partial charge on any atom is -0.494 e. The Labute approximate surface area is 124 Å². The molecule has 2 unspecified atom stereocenters. The molecule has 0 fully saturated rings. The van der Waals surface area contributed by atoms with Crippen LogP contribution in [0.25, 0.3) is 0 Å². The van der Waals surface area contributed by atoms with E-state index in [1.54, 1.807) is 18.4 Å². The van der Waals surface area contributed by atoms with Gasteiger partial charge in [0.05, 0.1) is 13.4 Å². The van der Waals surface area contributed by atoms with Crippen molar-refractivity contribution >= 4 is 0 Å². The van der Waals surface area contributed by atoms with E-state index in [-0.39, 0.29) is 17.6 Å². The zero-order chi connectivity index (χ0) is 14.8. The van der Waals surface area contributed by atoms with Crippen molar-refractivity contribution in [2.45, 2.75) is 38.3 Å². The number of hydrogen-bond donors (Lipinski definition) is 1. The predicted molar refractivity (Wildman–Crippen MR) is 78.9 cm³/mol. The van der Waals surface area contributed by atoms with Crippen molar-refractivity contribution in [1.29, 1.82) is 0 Å². The van der Waals surface area contributed by atoms with Crippen LogP contribution in [0.15, 0.2) is 34.9 Å². The number of hydrogen-bond acceptors (Lipinski definition) is 3. The number of fused-ring (bicyclic) bond motifs is 1. The van der Waals surface area contributed by atoms with Crippen LogP contribution in [0.4, 0.5) is 4.39 Å². The number of benzene rings is 1. The molecule has 1 aromatic carbocycles. The van der Waals surface area contributed by atoms with Gasteiger partial charge in [-0.25, -0.2) is 4.39 Å². The molecule has 3 nitrogen and oxygen atoms in total. The lowest BCUT2D eigenvalue weighted by atomic mass is 9.92. The first-order chi connectivity index (χ1) is 10.2. The molecule has 3 rings (SSSR count). The average molecular weight is 289 g/mol. The fraction of sp³-hybridized carbons (Fsp3) is 0.412. The third-order valence-corrected chi connectivity index (χ3v) is 4.18. The molecule has 2 aromatic rings. The van der Waals surface area contributed by atoms with Crippen LogP contribution < -0.4 is 10.1 Å². The Hall–Kier alpha value is -1.81. The minimum atomic E-state index is -0.330. The standard InChI is InChI=1S/C17H20FNO2/c1-11(12-6-7-14(18)17(10-12)20-2)19-15-4-3-5-16-13(15)8-9-21-16/h6-11,15,19H,3-5H2,1-2H3. The molecule has 1 N–H and O–H groups in total. The third kappa shape index (κ3) is 2.81. The maximum Gasteiger partial charge on any atom is 0.165 e. The van der Waals surface area contributed by atoms with E-state index in [0.29, 0.717) is 6.04 Å². The van der Waals surface area contributed by atoms with Gasteiger partial charge in [-0.15, -0.1) is 0 Å². The number of methoxy groups -OCH3 is 1. The number of nitrogens with one attached hydrogen (secondary N) is 1. The number of rotatable bonds is 4. The highest BCUT2D eigenvalue weighted by Gasteiger charge is 2.24. The Kier molecular flexibility index (Phi) is 3.97. The van der Waals surface area contributed by atoms with Gasteiger partial charge in [-0.3, -0.25) is 0 Å². The van der Waals surface area contributed by atoms with E-state index < -0.39 is 0 Å². The summed E-state index contributed by atoms with van der Waals surface area (Å²) >= 11 is 0. The van der Waals surface area contributed by atoms with Crippen molar-refractivity contribution in [2.75, 3.05) is 7.11 Å². The Morgan fingerprint density at radius 3 is 3.05 bits per heavy atom. The lowest BCUT2D eigenvalue weighted by Crippen LogP contribution is -2.27. The zero-order valence-electron chi connectivity index (χ0n) is 12.4. The van der Waals surface area contributed by atoms with Gasteiger partial charge in [0.15, 0.2) is 11.6 Å². The Balaban J connectivity index is 1.77. The molecule has 1 aromatic heterocycles. The van der Waals surface area contributed by atoms with Crippen molar-refractivity contribution in [3.8, 4) is 5.75 Å². The molecule has 0 bridgehead atoms. The fourth-order valence-electron chi connectivity index (χ4n) is 3.00. The second kappa shape index (κ2) is 5.90. The molecule has 21 heavy (non-hydrogen) atoms. The van der Waals surface area contributed by atoms with Gasteiger partial charge in [0, 0.05) is 24.1 Å². The molecule has 0 radical (unpaired) electrons. The number of aryl methyl sites for hydroxylation is 1. The van der Waals surface area contributed by atoms with Crippen molar-refractivity contribution in [1.82, 2.24) is 5.32 Å². The van der Waals surface area contributed by atoms with Gasteiger partial charge in [0.25, 0.3) is 0 Å². The van der Waals surface area contributed by atoms with E-state index in [9.17, 15) is 4.39 Å². The largest absolute Gasteiger partial charge is 0.494 e. The van der Waals surface area contributed by atoms with Gasteiger partial charge in [-0.1, -0.05) is 6.07 Å². The number of furan rings is 1. The second-order valence-corrected chi connectivity index (χ2v) is 5.53. The maximum absolute atomic E-state index is 13.5. The van der Waals surface area contributed by atoms with E-state index in [1.807, 2.05) is 6.07 Å². The van der Waals surface area contributed by atoms with Crippen molar-refractivity contribution < 1.29 is 13.5 Å². The van der Waals surface area contributed by atoms with Crippen LogP contribution in [0.2, 0.25) is 0 Å². The molecule has 1 aliphatic rings. The summed E-state index contributed by atoms with van der Waals surface area (Å²) < 4.78 is 24.1. The predicted octanol–water partition coefficient (Wildman–Crippen LogP) is 4.16. The fourth-order valence-corrected chi connectivity index (χ4v) is 3.00. The van der Waals surface area contributed by atoms with Crippen molar-refractivity contribution in [3.05, 3.63) is 53.2 Å². The van der Waals surface area contributed by atoms with E-state index in [0.717, 1.165) is 30.6 Å². The molecule has 2 atom stereocenters. The molecule has 1 heterocycles. The highest BCUT2D eigenvalue weighted by molar-refractivity contribution is 5.32. The maximum atomic E-state index is 13.5. The first-order valence-electron chi connectivity index (χ1n) is 7.35. The molecule has 112 valence electrons. The molecule has 0 saturated heterocycles. The quantitative estimate of drug-likeness (QED) is 0.918. The zero-order valence-corrected chi connectivity index (χ0v) is 12.4. The summed E-state index contributed by atoms with van der Waals surface area (Å²) in [5, 5.41) is 3.61. The van der Waals surface area contributed by atoms with Crippen LogP contribution in [-0.2, 0) is 6.42 Å². The SMILES string of the molecule is COc1cc(C(C)NC2CCCc3occc32)ccc1F. The van der Waals surface area contributed by atoms with Gasteiger partial charge in [-0.05, 0) is 43.5 Å². The molecule has 0 amide bonds. The Bertz CT molecular complexity index is 623. The Morgan fingerprint density at radius 2 is 2.24 bits per heavy atom. The van der Waals surface area contributed by atoms with E-state index in [4.69, 9.17) is 9.15 Å². The van der Waals surface area contributed by atoms with Gasteiger partial charge >= 0.3 is 0 Å². The van der Waals surface area contributed by atoms with Crippen LogP contribution >= 0.6 is 0 Å². The number of halogens is 1. The Morgan fingerprint density at radius 1 is 1.38 bits per heavy atom. The summed E-state index contributed by atoms with van der Waals surface area (Å²) in [5.74, 6) is 1.04. The summed E-state index contributed by atoms with van der Waals surface area (Å²) in [5.41, 5.74) is 2.27. The highest BCUT2D eigenvalue weighted by atomic mass is 19.1. The van der Waals surface area contributed by atoms with Crippen LogP contribution in [0.5, 0.6) is 5.75 Å². The lowest BCUT2D eigenvalue weighted by molar-refractivity contribution is 0.376. The highest BCUT2D eigenvalue weighted by Crippen LogP contribution is 2.33. The molecular formula is C17H20FNO2. The van der Waals surface area contributed by atoms with Crippen LogP contribution in [0.3, 0.4) is 0 Å². The van der Waals surface area contributed by atoms with Gasteiger partial charge in [-0.2, -0.15) is 0 Å². The summed E-state index contributed by atoms with van der Waals surface area (Å²) in [6.45, 7) is 2.08. The van der Waals surface area contributed by atoms with Crippen LogP contribution in [-0.4, -0.2) is 7.11 Å². The first-order valence-corrected chi connectivity index (χ1v) is 7.35. The first kappa shape index (κ1) is 14.1. The van der Waals surface area contributed by atoms with E-state index >= 15 is 0 Å². The van der Waals surface area contributed by atoms with E-state index in [1.165, 1.54) is 18.7 Å². The summed E-state index contributed by atoms with van der Waals surface area (Å²) in [6, 6.07) is 7.46. The van der Waals surface area contributed by atoms with Crippen LogP contribution in [0, 0.1) is 5.82 Å². The molecule has 1 aliphatic carbocycles. The summed E-state index contributed by atoms with van der Waals surface area (Å²) in [4.78, 5) is 0. The average Bonchev–Trinajstić information content (AvgIpc) is 2.97. The molecule has 0 spiro atoms. The van der Waals surface area contributed by atoms with Crippen LogP contribution in [0.1, 0.15) is 48.7 Å². The monoisotopic (exact) mass is 289 g/mol. The molecule has 0 aliphatic heterocycles. The van der Waals surface area contributed by atoms with Gasteiger partial charge in [0.2, 0.25) is 0 Å². The van der Waals surface area contributed by atoms with E-state index in [2.05, 4.69) is 12.2 Å². The minimum absolute atomic E-state index is 0.116. The number of ether oxygens (including phenoxy) is 1. The second-order valence-electron chi connectivity index (χ2n) is 5.53. The molecular weight excluding hydrogens is 269 g/mol. The molecule has 0 saturated carbocycles. The van der Waals surface area contributed by atoms with Gasteiger partial charge < -0.3 is 14.5 Å². The summed E-state index contributed by atoms with van der Waals surface area (Å²) in [6.07, 6.45) is 4.99. The smallest absolute Gasteiger partial charge is 0.165 e. The van der Waals surface area contributed by atoms with Crippen molar-refractivity contribution in [3.63, 3.8) is 0 Å². The van der Waals surface area contributed by atoms with Gasteiger partial charge in [0.1, 0.15) is 5.76 Å². The van der Waals surface area contributed by atoms with Crippen molar-refractivity contribution in [2.24, 2.45) is 0 Å².